The van der Waals surface area contributed by atoms with E-state index >= 15 is 0 Å². The largest absolute Gasteiger partial charge is 0.387 e. The molecule has 0 bridgehead atoms. The molecule has 7 heteroatoms. The molecule has 0 aliphatic rings. The highest BCUT2D eigenvalue weighted by Gasteiger charge is 2.13. The first kappa shape index (κ1) is 18.6. The van der Waals surface area contributed by atoms with Gasteiger partial charge in [-0.15, -0.1) is 0 Å². The molecule has 1 unspecified atom stereocenters. The molecule has 0 radical (unpaired) electrons. The first-order chi connectivity index (χ1) is 14.2. The molecule has 29 heavy (non-hydrogen) atoms. The Kier molecular flexibility index (Phi) is 5.20. The van der Waals surface area contributed by atoms with Crippen molar-refractivity contribution in [2.24, 2.45) is 5.73 Å². The number of benzene rings is 2. The van der Waals surface area contributed by atoms with Gasteiger partial charge in [-0.3, -0.25) is 0 Å². The van der Waals surface area contributed by atoms with E-state index in [1.165, 1.54) is 0 Å². The minimum absolute atomic E-state index is 0.128. The van der Waals surface area contributed by atoms with Crippen molar-refractivity contribution in [2.45, 2.75) is 12.6 Å². The summed E-state index contributed by atoms with van der Waals surface area (Å²) in [5, 5.41) is 23.6. The van der Waals surface area contributed by atoms with Gasteiger partial charge in [-0.1, -0.05) is 30.3 Å². The number of nitrogens with two attached hydrogens (primary N) is 1. The summed E-state index contributed by atoms with van der Waals surface area (Å²) < 4.78 is 3.67. The van der Waals surface area contributed by atoms with Gasteiger partial charge >= 0.3 is 0 Å². The molecule has 1 atom stereocenters. The average molecular weight is 384 g/mol. The Bertz CT molecular complexity index is 1160. The first-order valence-electron chi connectivity index (χ1n) is 9.21. The third-order valence-corrected chi connectivity index (χ3v) is 4.72. The average Bonchev–Trinajstić information content (AvgIpc) is 3.44. The summed E-state index contributed by atoms with van der Waals surface area (Å²) in [6.07, 6.45) is 6.35. The second-order valence-corrected chi connectivity index (χ2v) is 6.72. The molecule has 0 amide bonds. The lowest BCUT2D eigenvalue weighted by molar-refractivity contribution is 0.186. The van der Waals surface area contributed by atoms with E-state index in [4.69, 9.17) is 5.73 Å². The zero-order valence-corrected chi connectivity index (χ0v) is 15.7. The van der Waals surface area contributed by atoms with Crippen LogP contribution in [0.2, 0.25) is 0 Å². The summed E-state index contributed by atoms with van der Waals surface area (Å²) >= 11 is 0. The van der Waals surface area contributed by atoms with Gasteiger partial charge in [0.25, 0.3) is 0 Å². The van der Waals surface area contributed by atoms with Gasteiger partial charge in [-0.2, -0.15) is 10.4 Å². The van der Waals surface area contributed by atoms with Crippen molar-refractivity contribution in [1.82, 2.24) is 19.3 Å². The van der Waals surface area contributed by atoms with Crippen LogP contribution in [0.5, 0.6) is 0 Å². The van der Waals surface area contributed by atoms with Gasteiger partial charge in [0.1, 0.15) is 0 Å². The van der Waals surface area contributed by atoms with Gasteiger partial charge in [-0.25, -0.2) is 9.67 Å². The number of aromatic nitrogens is 4. The van der Waals surface area contributed by atoms with Gasteiger partial charge in [0.2, 0.25) is 0 Å². The Morgan fingerprint density at radius 2 is 1.97 bits per heavy atom. The SMILES string of the molecule is N#Cc1ccc(-n2cc(C(O)CN)cn2)c(Cn2cnc(-c3ccccc3)c2)c1. The van der Waals surface area contributed by atoms with Crippen LogP contribution in [0.25, 0.3) is 16.9 Å². The summed E-state index contributed by atoms with van der Waals surface area (Å²) in [6, 6.07) is 17.6. The monoisotopic (exact) mass is 384 g/mol. The molecule has 0 aliphatic heterocycles. The molecule has 0 fully saturated rings. The molecule has 7 nitrogen and oxygen atoms in total. The predicted octanol–water partition coefficient (Wildman–Crippen LogP) is 2.65. The third-order valence-electron chi connectivity index (χ3n) is 4.72. The van der Waals surface area contributed by atoms with Crippen molar-refractivity contribution in [3.05, 3.63) is 90.1 Å². The molecule has 4 aromatic rings. The van der Waals surface area contributed by atoms with Gasteiger partial charge in [-0.05, 0) is 23.8 Å². The fourth-order valence-electron chi connectivity index (χ4n) is 3.18. The molecular weight excluding hydrogens is 364 g/mol. The van der Waals surface area contributed by atoms with E-state index in [1.54, 1.807) is 29.5 Å². The van der Waals surface area contributed by atoms with Gasteiger partial charge in [0, 0.05) is 30.1 Å². The first-order valence-corrected chi connectivity index (χ1v) is 9.21. The van der Waals surface area contributed by atoms with E-state index < -0.39 is 6.10 Å². The lowest BCUT2D eigenvalue weighted by atomic mass is 10.1. The zero-order valence-electron chi connectivity index (χ0n) is 15.7. The van der Waals surface area contributed by atoms with E-state index in [0.29, 0.717) is 17.7 Å². The van der Waals surface area contributed by atoms with E-state index in [1.807, 2.05) is 53.2 Å². The van der Waals surface area contributed by atoms with Crippen LogP contribution in [-0.2, 0) is 6.54 Å². The fraction of sp³-hybridized carbons (Fsp3) is 0.136. The van der Waals surface area contributed by atoms with Crippen LogP contribution >= 0.6 is 0 Å². The Balaban J connectivity index is 1.67. The topological polar surface area (TPSA) is 106 Å². The number of nitrogens with zero attached hydrogens (tertiary/aromatic N) is 5. The maximum Gasteiger partial charge on any atom is 0.0991 e. The molecule has 0 aliphatic carbocycles. The number of aliphatic hydroxyl groups is 1. The van der Waals surface area contributed by atoms with Crippen LogP contribution in [0, 0.1) is 11.3 Å². The fourth-order valence-corrected chi connectivity index (χ4v) is 3.18. The molecule has 0 spiro atoms. The number of hydrogen-bond donors (Lipinski definition) is 2. The molecule has 2 aromatic carbocycles. The van der Waals surface area contributed by atoms with Gasteiger partial charge in [0.05, 0.1) is 48.2 Å². The maximum atomic E-state index is 9.95. The molecule has 3 N–H and O–H groups in total. The van der Waals surface area contributed by atoms with Crippen molar-refractivity contribution in [3.63, 3.8) is 0 Å². The summed E-state index contributed by atoms with van der Waals surface area (Å²) in [5.74, 6) is 0. The minimum atomic E-state index is -0.757. The Morgan fingerprint density at radius 1 is 1.14 bits per heavy atom. The molecule has 2 aromatic heterocycles. The molecule has 2 heterocycles. The highest BCUT2D eigenvalue weighted by Crippen LogP contribution is 2.22. The van der Waals surface area contributed by atoms with Gasteiger partial charge in [0.15, 0.2) is 0 Å². The van der Waals surface area contributed by atoms with Crippen LogP contribution in [0.15, 0.2) is 73.4 Å². The summed E-state index contributed by atoms with van der Waals surface area (Å²) in [4.78, 5) is 4.49. The lowest BCUT2D eigenvalue weighted by Crippen LogP contribution is -2.10. The van der Waals surface area contributed by atoms with Crippen molar-refractivity contribution >= 4 is 0 Å². The van der Waals surface area contributed by atoms with Crippen molar-refractivity contribution < 1.29 is 5.11 Å². The summed E-state index contributed by atoms with van der Waals surface area (Å²) in [5.41, 5.74) is 10.4. The summed E-state index contributed by atoms with van der Waals surface area (Å²) in [7, 11) is 0. The Hall–Kier alpha value is -3.73. The highest BCUT2D eigenvalue weighted by molar-refractivity contribution is 5.58. The molecule has 144 valence electrons. The number of aliphatic hydroxyl groups excluding tert-OH is 1. The van der Waals surface area contributed by atoms with E-state index in [-0.39, 0.29) is 6.54 Å². The van der Waals surface area contributed by atoms with E-state index in [2.05, 4.69) is 16.2 Å². The molecule has 0 saturated heterocycles. The van der Waals surface area contributed by atoms with Crippen molar-refractivity contribution in [2.75, 3.05) is 6.54 Å². The quantitative estimate of drug-likeness (QED) is 0.532. The van der Waals surface area contributed by atoms with Crippen molar-refractivity contribution in [3.8, 4) is 23.0 Å². The van der Waals surface area contributed by atoms with E-state index in [9.17, 15) is 10.4 Å². The third kappa shape index (κ3) is 3.94. The maximum absolute atomic E-state index is 9.95. The lowest BCUT2D eigenvalue weighted by Gasteiger charge is -2.11. The van der Waals surface area contributed by atoms with Crippen LogP contribution in [-0.4, -0.2) is 31.0 Å². The van der Waals surface area contributed by atoms with Crippen molar-refractivity contribution in [1.29, 1.82) is 5.26 Å². The predicted molar refractivity (Wildman–Crippen MR) is 109 cm³/mol. The number of nitriles is 1. The van der Waals surface area contributed by atoms with Crippen LogP contribution < -0.4 is 5.73 Å². The smallest absolute Gasteiger partial charge is 0.0991 e. The highest BCUT2D eigenvalue weighted by atomic mass is 16.3. The summed E-state index contributed by atoms with van der Waals surface area (Å²) in [6.45, 7) is 0.655. The number of rotatable bonds is 6. The number of hydrogen-bond acceptors (Lipinski definition) is 5. The second kappa shape index (κ2) is 8.10. The minimum Gasteiger partial charge on any atom is -0.387 e. The molecule has 4 rings (SSSR count). The molecular formula is C22H20N6O. The normalized spacial score (nSPS) is 11.9. The van der Waals surface area contributed by atoms with Gasteiger partial charge < -0.3 is 15.4 Å². The standard InChI is InChI=1S/C22H20N6O/c23-9-16-6-7-21(28-13-19(11-26-28)22(29)10-24)18(8-16)12-27-14-20(25-15-27)17-4-2-1-3-5-17/h1-8,11,13-15,22,29H,10,12,24H2. The zero-order chi connectivity index (χ0) is 20.2. The number of imidazole rings is 1. The van der Waals surface area contributed by atoms with Crippen LogP contribution in [0.4, 0.5) is 0 Å². The van der Waals surface area contributed by atoms with Crippen LogP contribution in [0.3, 0.4) is 0 Å². The van der Waals surface area contributed by atoms with E-state index in [0.717, 1.165) is 22.5 Å². The Labute approximate surface area is 168 Å². The van der Waals surface area contributed by atoms with Crippen LogP contribution in [0.1, 0.15) is 22.8 Å². The Morgan fingerprint density at radius 3 is 2.72 bits per heavy atom. The molecule has 0 saturated carbocycles. The second-order valence-electron chi connectivity index (χ2n) is 6.72.